The first-order chi connectivity index (χ1) is 10.3. The van der Waals surface area contributed by atoms with Gasteiger partial charge in [0.05, 0.1) is 12.1 Å². The fraction of sp³-hybridized carbons (Fsp3) is 0.368. The molecule has 2 aliphatic rings. The van der Waals surface area contributed by atoms with E-state index in [1.807, 2.05) is 0 Å². The Kier molecular flexibility index (Phi) is 3.19. The molecule has 0 radical (unpaired) electrons. The molecule has 0 unspecified atom stereocenters. The summed E-state index contributed by atoms with van der Waals surface area (Å²) in [4.78, 5) is 0. The van der Waals surface area contributed by atoms with E-state index in [9.17, 15) is 0 Å². The third-order valence-corrected chi connectivity index (χ3v) is 4.87. The second-order valence-corrected chi connectivity index (χ2v) is 6.17. The molecular weight excluding hydrogens is 258 g/mol. The highest BCUT2D eigenvalue weighted by molar-refractivity contribution is 5.61. The number of ether oxygens (including phenoxy) is 1. The SMILES string of the molecule is Cc1cccc2c1N[C@H](c1ccccc1)[C@@H]1CCCO[C@@H]21. The van der Waals surface area contributed by atoms with E-state index in [1.54, 1.807) is 0 Å². The number of benzene rings is 2. The molecule has 2 aromatic carbocycles. The Morgan fingerprint density at radius 2 is 1.90 bits per heavy atom. The van der Waals surface area contributed by atoms with Crippen LogP contribution in [0, 0.1) is 12.8 Å². The molecule has 0 amide bonds. The van der Waals surface area contributed by atoms with Gasteiger partial charge in [0.25, 0.3) is 0 Å². The first kappa shape index (κ1) is 12.9. The van der Waals surface area contributed by atoms with Gasteiger partial charge in [-0.15, -0.1) is 0 Å². The van der Waals surface area contributed by atoms with E-state index in [2.05, 4.69) is 60.8 Å². The third kappa shape index (κ3) is 2.14. The van der Waals surface area contributed by atoms with Crippen molar-refractivity contribution in [1.82, 2.24) is 0 Å². The van der Waals surface area contributed by atoms with E-state index in [0.717, 1.165) is 13.0 Å². The summed E-state index contributed by atoms with van der Waals surface area (Å²) in [6.45, 7) is 3.06. The summed E-state index contributed by atoms with van der Waals surface area (Å²) in [7, 11) is 0. The number of anilines is 1. The van der Waals surface area contributed by atoms with Crippen molar-refractivity contribution in [3.05, 3.63) is 65.2 Å². The Morgan fingerprint density at radius 1 is 1.05 bits per heavy atom. The van der Waals surface area contributed by atoms with Gasteiger partial charge in [-0.1, -0.05) is 48.5 Å². The van der Waals surface area contributed by atoms with E-state index in [-0.39, 0.29) is 6.10 Å². The molecule has 0 aliphatic carbocycles. The van der Waals surface area contributed by atoms with Crippen LogP contribution in [0.1, 0.15) is 41.7 Å². The molecule has 2 aromatic rings. The topological polar surface area (TPSA) is 21.3 Å². The average molecular weight is 279 g/mol. The van der Waals surface area contributed by atoms with Gasteiger partial charge in [0, 0.05) is 23.8 Å². The molecule has 21 heavy (non-hydrogen) atoms. The molecule has 108 valence electrons. The standard InChI is InChI=1S/C19H21NO/c1-13-7-5-10-15-17(13)20-18(14-8-3-2-4-9-14)16-11-6-12-21-19(15)16/h2-5,7-10,16,18-20H,6,11-12H2,1H3/t16-,18+,19-/m0/s1. The monoisotopic (exact) mass is 279 g/mol. The van der Waals surface area contributed by atoms with Crippen molar-refractivity contribution in [2.45, 2.75) is 31.9 Å². The van der Waals surface area contributed by atoms with E-state index in [1.165, 1.54) is 28.8 Å². The molecule has 0 aromatic heterocycles. The predicted octanol–water partition coefficient (Wildman–Crippen LogP) is 4.63. The fourth-order valence-corrected chi connectivity index (χ4v) is 3.84. The number of hydrogen-bond acceptors (Lipinski definition) is 2. The van der Waals surface area contributed by atoms with Crippen molar-refractivity contribution >= 4 is 5.69 Å². The Bertz CT molecular complexity index is 637. The summed E-state index contributed by atoms with van der Waals surface area (Å²) in [5.74, 6) is 0.524. The number of nitrogens with one attached hydrogen (secondary N) is 1. The van der Waals surface area contributed by atoms with E-state index in [4.69, 9.17) is 4.74 Å². The number of fused-ring (bicyclic) bond motifs is 3. The molecule has 2 nitrogen and oxygen atoms in total. The van der Waals surface area contributed by atoms with Gasteiger partial charge in [0.2, 0.25) is 0 Å². The van der Waals surface area contributed by atoms with Crippen LogP contribution in [0.4, 0.5) is 5.69 Å². The Hall–Kier alpha value is -1.80. The van der Waals surface area contributed by atoms with Crippen molar-refractivity contribution in [3.8, 4) is 0 Å². The van der Waals surface area contributed by atoms with Crippen LogP contribution in [-0.2, 0) is 4.74 Å². The van der Waals surface area contributed by atoms with Crippen LogP contribution in [0.25, 0.3) is 0 Å². The molecule has 0 saturated carbocycles. The first-order valence-corrected chi connectivity index (χ1v) is 7.87. The number of rotatable bonds is 1. The number of para-hydroxylation sites is 1. The molecule has 0 spiro atoms. The zero-order valence-electron chi connectivity index (χ0n) is 12.4. The minimum absolute atomic E-state index is 0.236. The number of aryl methyl sites for hydroxylation is 1. The highest BCUT2D eigenvalue weighted by atomic mass is 16.5. The zero-order chi connectivity index (χ0) is 14.2. The van der Waals surface area contributed by atoms with Crippen LogP contribution in [-0.4, -0.2) is 6.61 Å². The van der Waals surface area contributed by atoms with Gasteiger partial charge in [-0.3, -0.25) is 0 Å². The van der Waals surface area contributed by atoms with Crippen molar-refractivity contribution < 1.29 is 4.74 Å². The lowest BCUT2D eigenvalue weighted by Gasteiger charge is -2.44. The Balaban J connectivity index is 1.81. The minimum Gasteiger partial charge on any atom is -0.377 e. The van der Waals surface area contributed by atoms with Crippen LogP contribution in [0.2, 0.25) is 0 Å². The van der Waals surface area contributed by atoms with Crippen LogP contribution < -0.4 is 5.32 Å². The maximum atomic E-state index is 6.18. The first-order valence-electron chi connectivity index (χ1n) is 7.87. The second-order valence-electron chi connectivity index (χ2n) is 6.17. The minimum atomic E-state index is 0.236. The smallest absolute Gasteiger partial charge is 0.0895 e. The molecule has 2 heterocycles. The fourth-order valence-electron chi connectivity index (χ4n) is 3.84. The highest BCUT2D eigenvalue weighted by Gasteiger charge is 2.39. The molecule has 1 saturated heterocycles. The summed E-state index contributed by atoms with van der Waals surface area (Å²) in [6.07, 6.45) is 2.62. The second kappa shape index (κ2) is 5.19. The predicted molar refractivity (Wildman–Crippen MR) is 85.4 cm³/mol. The van der Waals surface area contributed by atoms with Gasteiger partial charge in [-0.2, -0.15) is 0 Å². The third-order valence-electron chi connectivity index (χ3n) is 4.87. The van der Waals surface area contributed by atoms with Gasteiger partial charge in [0.15, 0.2) is 0 Å². The summed E-state index contributed by atoms with van der Waals surface area (Å²) in [5, 5.41) is 3.80. The summed E-state index contributed by atoms with van der Waals surface area (Å²) in [6, 6.07) is 17.7. The summed E-state index contributed by atoms with van der Waals surface area (Å²) in [5.41, 5.74) is 5.29. The lowest BCUT2D eigenvalue weighted by atomic mass is 9.77. The maximum absolute atomic E-state index is 6.18. The molecule has 4 rings (SSSR count). The summed E-state index contributed by atoms with van der Waals surface area (Å²) < 4.78 is 6.18. The zero-order valence-corrected chi connectivity index (χ0v) is 12.4. The van der Waals surface area contributed by atoms with Crippen LogP contribution in [0.3, 0.4) is 0 Å². The maximum Gasteiger partial charge on any atom is 0.0895 e. The molecule has 3 atom stereocenters. The van der Waals surface area contributed by atoms with Crippen LogP contribution in [0.15, 0.2) is 48.5 Å². The van der Waals surface area contributed by atoms with E-state index < -0.39 is 0 Å². The lowest BCUT2D eigenvalue weighted by Crippen LogP contribution is -2.36. The van der Waals surface area contributed by atoms with Crippen molar-refractivity contribution in [1.29, 1.82) is 0 Å². The normalized spacial score (nSPS) is 27.4. The average Bonchev–Trinajstić information content (AvgIpc) is 2.55. The molecule has 1 fully saturated rings. The molecular formula is C19H21NO. The van der Waals surface area contributed by atoms with Gasteiger partial charge >= 0.3 is 0 Å². The van der Waals surface area contributed by atoms with Gasteiger partial charge in [-0.05, 0) is 30.9 Å². The molecule has 2 heteroatoms. The van der Waals surface area contributed by atoms with Crippen molar-refractivity contribution in [2.75, 3.05) is 11.9 Å². The van der Waals surface area contributed by atoms with E-state index >= 15 is 0 Å². The number of hydrogen-bond donors (Lipinski definition) is 1. The molecule has 1 N–H and O–H groups in total. The molecule has 2 aliphatic heterocycles. The van der Waals surface area contributed by atoms with E-state index in [0.29, 0.717) is 12.0 Å². The van der Waals surface area contributed by atoms with Gasteiger partial charge in [-0.25, -0.2) is 0 Å². The molecule has 0 bridgehead atoms. The highest BCUT2D eigenvalue weighted by Crippen LogP contribution is 2.49. The lowest BCUT2D eigenvalue weighted by molar-refractivity contribution is -0.0381. The van der Waals surface area contributed by atoms with Gasteiger partial charge < -0.3 is 10.1 Å². The Morgan fingerprint density at radius 3 is 2.76 bits per heavy atom. The largest absolute Gasteiger partial charge is 0.377 e. The quantitative estimate of drug-likeness (QED) is 0.821. The Labute approximate surface area is 126 Å². The van der Waals surface area contributed by atoms with Crippen molar-refractivity contribution in [2.24, 2.45) is 5.92 Å². The van der Waals surface area contributed by atoms with Crippen LogP contribution >= 0.6 is 0 Å². The van der Waals surface area contributed by atoms with Crippen molar-refractivity contribution in [3.63, 3.8) is 0 Å². The van der Waals surface area contributed by atoms with Gasteiger partial charge in [0.1, 0.15) is 0 Å². The summed E-state index contributed by atoms with van der Waals surface area (Å²) >= 11 is 0. The van der Waals surface area contributed by atoms with Crippen LogP contribution in [0.5, 0.6) is 0 Å².